The number of carbonyl (C=O) groups excluding carboxylic acids is 1. The molecule has 1 aromatic heterocycles. The van der Waals surface area contributed by atoms with E-state index < -0.39 is 5.97 Å². The molecule has 1 heterocycles. The van der Waals surface area contributed by atoms with E-state index in [1.807, 2.05) is 44.2 Å². The Kier molecular flexibility index (Phi) is 6.46. The zero-order valence-electron chi connectivity index (χ0n) is 16.0. The van der Waals surface area contributed by atoms with Crippen LogP contribution in [0.4, 0.5) is 17.6 Å². The van der Waals surface area contributed by atoms with Crippen LogP contribution in [0, 0.1) is 13.8 Å². The lowest BCUT2D eigenvalue weighted by molar-refractivity contribution is -0.147. The average molecular weight is 414 g/mol. The van der Waals surface area contributed by atoms with Crippen LogP contribution in [-0.2, 0) is 16.1 Å². The maximum absolute atomic E-state index is 12.0. The van der Waals surface area contributed by atoms with Gasteiger partial charge in [-0.25, -0.2) is 4.79 Å². The van der Waals surface area contributed by atoms with Gasteiger partial charge in [0, 0.05) is 5.69 Å². The van der Waals surface area contributed by atoms with Crippen molar-refractivity contribution in [3.05, 3.63) is 64.4 Å². The Morgan fingerprint density at radius 3 is 2.55 bits per heavy atom. The number of nitrogens with zero attached hydrogens (tertiary/aromatic N) is 3. The van der Waals surface area contributed by atoms with Gasteiger partial charge in [0.2, 0.25) is 11.9 Å². The minimum atomic E-state index is -0.588. The third-order valence-corrected chi connectivity index (χ3v) is 4.11. The molecular formula is C20H20ClN5O3. The van der Waals surface area contributed by atoms with Gasteiger partial charge in [-0.1, -0.05) is 35.4 Å². The predicted octanol–water partition coefficient (Wildman–Crippen LogP) is 3.59. The zero-order valence-corrected chi connectivity index (χ0v) is 16.7. The van der Waals surface area contributed by atoms with Crippen molar-refractivity contribution >= 4 is 35.2 Å². The molecule has 0 radical (unpaired) electrons. The summed E-state index contributed by atoms with van der Waals surface area (Å²) in [6.45, 7) is 3.43. The van der Waals surface area contributed by atoms with Crippen LogP contribution in [0.5, 0.6) is 5.75 Å². The number of hydrogen-bond donors (Lipinski definition) is 2. The normalized spacial score (nSPS) is 10.4. The molecule has 0 fully saturated rings. The summed E-state index contributed by atoms with van der Waals surface area (Å²) in [4.78, 5) is 24.2. The van der Waals surface area contributed by atoms with Crippen LogP contribution >= 0.6 is 11.6 Å². The molecule has 0 saturated heterocycles. The van der Waals surface area contributed by atoms with Gasteiger partial charge in [-0.3, -0.25) is 0 Å². The second-order valence-corrected chi connectivity index (χ2v) is 6.71. The lowest BCUT2D eigenvalue weighted by atomic mass is 10.2. The Balaban J connectivity index is 1.57. The molecule has 0 aliphatic rings. The van der Waals surface area contributed by atoms with Crippen molar-refractivity contribution in [2.24, 2.45) is 0 Å². The fourth-order valence-corrected chi connectivity index (χ4v) is 2.54. The van der Waals surface area contributed by atoms with Gasteiger partial charge in [0.05, 0.1) is 5.02 Å². The number of nitrogens with one attached hydrogen (secondary N) is 1. The standard InChI is InChI=1S/C20H20ClN5O3/c1-12-3-6-14(7-4-12)23-20-25-17(24-19(22)26-20)10-29-18(27)11-28-16-9-13(2)5-8-15(16)21/h3-9H,10-11H2,1-2H3,(H3,22,23,24,25,26). The van der Waals surface area contributed by atoms with Crippen LogP contribution in [0.15, 0.2) is 42.5 Å². The maximum Gasteiger partial charge on any atom is 0.344 e. The quantitative estimate of drug-likeness (QED) is 0.565. The lowest BCUT2D eigenvalue weighted by Gasteiger charge is -2.10. The number of carbonyl (C=O) groups is 1. The highest BCUT2D eigenvalue weighted by Crippen LogP contribution is 2.25. The van der Waals surface area contributed by atoms with Crippen molar-refractivity contribution in [2.45, 2.75) is 20.5 Å². The van der Waals surface area contributed by atoms with E-state index in [2.05, 4.69) is 20.3 Å². The number of aryl methyl sites for hydroxylation is 2. The molecule has 29 heavy (non-hydrogen) atoms. The second kappa shape index (κ2) is 9.20. The van der Waals surface area contributed by atoms with E-state index in [0.717, 1.165) is 16.8 Å². The first-order valence-corrected chi connectivity index (χ1v) is 9.15. The molecule has 3 aromatic rings. The average Bonchev–Trinajstić information content (AvgIpc) is 2.68. The summed E-state index contributed by atoms with van der Waals surface area (Å²) < 4.78 is 10.6. The Morgan fingerprint density at radius 1 is 1.07 bits per heavy atom. The van der Waals surface area contributed by atoms with Crippen molar-refractivity contribution in [2.75, 3.05) is 17.7 Å². The van der Waals surface area contributed by atoms with Crippen LogP contribution < -0.4 is 15.8 Å². The third-order valence-electron chi connectivity index (χ3n) is 3.80. The molecule has 9 heteroatoms. The Morgan fingerprint density at radius 2 is 1.79 bits per heavy atom. The fraction of sp³-hybridized carbons (Fsp3) is 0.200. The summed E-state index contributed by atoms with van der Waals surface area (Å²) in [5.41, 5.74) is 8.62. The van der Waals surface area contributed by atoms with Gasteiger partial charge in [-0.2, -0.15) is 15.0 Å². The monoisotopic (exact) mass is 413 g/mol. The number of anilines is 3. The summed E-state index contributed by atoms with van der Waals surface area (Å²) >= 11 is 6.04. The van der Waals surface area contributed by atoms with Crippen molar-refractivity contribution < 1.29 is 14.3 Å². The lowest BCUT2D eigenvalue weighted by Crippen LogP contribution is -2.16. The summed E-state index contributed by atoms with van der Waals surface area (Å²) in [7, 11) is 0. The molecule has 0 atom stereocenters. The molecule has 2 aromatic carbocycles. The second-order valence-electron chi connectivity index (χ2n) is 6.31. The molecule has 3 rings (SSSR count). The molecule has 150 valence electrons. The van der Waals surface area contributed by atoms with Crippen LogP contribution in [0.1, 0.15) is 17.0 Å². The van der Waals surface area contributed by atoms with E-state index in [1.54, 1.807) is 12.1 Å². The zero-order chi connectivity index (χ0) is 20.8. The first kappa shape index (κ1) is 20.3. The van der Waals surface area contributed by atoms with Crippen LogP contribution in [0.3, 0.4) is 0 Å². The molecule has 0 unspecified atom stereocenters. The van der Waals surface area contributed by atoms with Gasteiger partial charge in [0.25, 0.3) is 0 Å². The minimum Gasteiger partial charge on any atom is -0.480 e. The van der Waals surface area contributed by atoms with E-state index in [9.17, 15) is 4.79 Å². The van der Waals surface area contributed by atoms with Gasteiger partial charge in [0.1, 0.15) is 5.75 Å². The van der Waals surface area contributed by atoms with Crippen molar-refractivity contribution in [1.82, 2.24) is 15.0 Å². The first-order valence-electron chi connectivity index (χ1n) is 8.78. The Bertz CT molecular complexity index is 1010. The summed E-state index contributed by atoms with van der Waals surface area (Å²) in [5.74, 6) is 0.319. The van der Waals surface area contributed by atoms with Gasteiger partial charge in [-0.15, -0.1) is 0 Å². The fourth-order valence-electron chi connectivity index (χ4n) is 2.37. The van der Waals surface area contributed by atoms with Gasteiger partial charge in [0.15, 0.2) is 19.0 Å². The molecule has 3 N–H and O–H groups in total. The number of benzene rings is 2. The molecule has 0 saturated carbocycles. The number of esters is 1. The molecule has 0 amide bonds. The molecule has 0 spiro atoms. The first-order chi connectivity index (χ1) is 13.9. The SMILES string of the molecule is Cc1ccc(Nc2nc(N)nc(COC(=O)COc3cc(C)ccc3Cl)n2)cc1. The molecular weight excluding hydrogens is 394 g/mol. The van der Waals surface area contributed by atoms with E-state index in [1.165, 1.54) is 0 Å². The highest BCUT2D eigenvalue weighted by molar-refractivity contribution is 6.32. The van der Waals surface area contributed by atoms with E-state index in [-0.39, 0.29) is 30.9 Å². The topological polar surface area (TPSA) is 112 Å². The molecule has 0 aliphatic carbocycles. The highest BCUT2D eigenvalue weighted by atomic mass is 35.5. The van der Waals surface area contributed by atoms with Crippen molar-refractivity contribution in [1.29, 1.82) is 0 Å². The smallest absolute Gasteiger partial charge is 0.344 e. The van der Waals surface area contributed by atoms with Gasteiger partial charge >= 0.3 is 5.97 Å². The minimum absolute atomic E-state index is 0.0171. The van der Waals surface area contributed by atoms with E-state index >= 15 is 0 Å². The number of nitrogen functional groups attached to an aromatic ring is 1. The number of nitrogens with two attached hydrogens (primary N) is 1. The summed E-state index contributed by atoms with van der Waals surface area (Å²) in [5, 5.41) is 3.45. The predicted molar refractivity (Wildman–Crippen MR) is 110 cm³/mol. The van der Waals surface area contributed by atoms with Gasteiger partial charge < -0.3 is 20.5 Å². The van der Waals surface area contributed by atoms with E-state index in [0.29, 0.717) is 10.8 Å². The van der Waals surface area contributed by atoms with Crippen molar-refractivity contribution in [3.63, 3.8) is 0 Å². The number of halogens is 1. The van der Waals surface area contributed by atoms with Gasteiger partial charge in [-0.05, 0) is 43.7 Å². The third kappa shape index (κ3) is 6.05. The summed E-state index contributed by atoms with van der Waals surface area (Å²) in [6.07, 6.45) is 0. The maximum atomic E-state index is 12.0. The van der Waals surface area contributed by atoms with E-state index in [4.69, 9.17) is 26.8 Å². The van der Waals surface area contributed by atoms with Crippen LogP contribution in [0.25, 0.3) is 0 Å². The van der Waals surface area contributed by atoms with Crippen molar-refractivity contribution in [3.8, 4) is 5.75 Å². The summed E-state index contributed by atoms with van der Waals surface area (Å²) in [6, 6.07) is 13.0. The largest absolute Gasteiger partial charge is 0.480 e. The van der Waals surface area contributed by atoms with Crippen LogP contribution in [-0.4, -0.2) is 27.5 Å². The highest BCUT2D eigenvalue weighted by Gasteiger charge is 2.11. The number of ether oxygens (including phenoxy) is 2. The molecule has 0 aliphatic heterocycles. The number of hydrogen-bond acceptors (Lipinski definition) is 8. The Hall–Kier alpha value is -3.39. The number of aromatic nitrogens is 3. The molecule has 0 bridgehead atoms. The Labute approximate surface area is 173 Å². The van der Waals surface area contributed by atoms with Crippen LogP contribution in [0.2, 0.25) is 5.02 Å². The molecule has 8 nitrogen and oxygen atoms in total. The number of rotatable bonds is 7.